The zero-order valence-corrected chi connectivity index (χ0v) is 22.0. The van der Waals surface area contributed by atoms with Crippen molar-refractivity contribution in [3.63, 3.8) is 0 Å². The van der Waals surface area contributed by atoms with Crippen molar-refractivity contribution in [1.82, 2.24) is 14.7 Å². The fourth-order valence-corrected chi connectivity index (χ4v) is 3.77. The number of rotatable bonds is 13. The van der Waals surface area contributed by atoms with Gasteiger partial charge in [-0.25, -0.2) is 4.68 Å². The van der Waals surface area contributed by atoms with Crippen molar-refractivity contribution in [2.45, 2.75) is 71.6 Å². The van der Waals surface area contributed by atoms with Crippen LogP contribution < -0.4 is 5.32 Å². The Bertz CT molecular complexity index is 936. The second-order valence-corrected chi connectivity index (χ2v) is 9.96. The van der Waals surface area contributed by atoms with Crippen LogP contribution in [0.3, 0.4) is 0 Å². The number of anilines is 1. The highest BCUT2D eigenvalue weighted by molar-refractivity contribution is 6.32. The molecule has 2 aromatic rings. The molecule has 34 heavy (non-hydrogen) atoms. The van der Waals surface area contributed by atoms with Gasteiger partial charge in [0.2, 0.25) is 11.8 Å². The van der Waals surface area contributed by atoms with Gasteiger partial charge in [0.15, 0.2) is 0 Å². The summed E-state index contributed by atoms with van der Waals surface area (Å²) in [6.07, 6.45) is 5.21. The topological polar surface area (TPSA) is 76.5 Å². The number of carbonyl (C=O) groups is 2. The molecule has 0 atom stereocenters. The van der Waals surface area contributed by atoms with Crippen LogP contribution in [0.25, 0.3) is 5.69 Å². The van der Waals surface area contributed by atoms with Crippen LogP contribution in [-0.4, -0.2) is 53.3 Å². The van der Waals surface area contributed by atoms with Gasteiger partial charge in [0.1, 0.15) is 5.82 Å². The average molecular weight is 491 g/mol. The van der Waals surface area contributed by atoms with Gasteiger partial charge in [-0.1, -0.05) is 70.7 Å². The van der Waals surface area contributed by atoms with Crippen molar-refractivity contribution >= 4 is 29.2 Å². The Labute approximate surface area is 208 Å². The van der Waals surface area contributed by atoms with Gasteiger partial charge < -0.3 is 15.0 Å². The number of unbranched alkanes of at least 4 members (excludes halogenated alkanes) is 3. The van der Waals surface area contributed by atoms with Crippen molar-refractivity contribution in [1.29, 1.82) is 0 Å². The third-order valence-electron chi connectivity index (χ3n) is 5.53. The molecule has 0 fully saturated rings. The van der Waals surface area contributed by atoms with E-state index in [1.54, 1.807) is 22.8 Å². The predicted molar refractivity (Wildman–Crippen MR) is 138 cm³/mol. The summed E-state index contributed by atoms with van der Waals surface area (Å²) in [5.41, 5.74) is 1.29. The molecule has 0 aliphatic carbocycles. The van der Waals surface area contributed by atoms with E-state index in [-0.39, 0.29) is 23.8 Å². The van der Waals surface area contributed by atoms with Crippen LogP contribution in [0, 0.1) is 0 Å². The number of hydrogen-bond donors (Lipinski definition) is 1. The van der Waals surface area contributed by atoms with E-state index in [0.717, 1.165) is 31.4 Å². The van der Waals surface area contributed by atoms with Crippen LogP contribution in [0.15, 0.2) is 30.3 Å². The van der Waals surface area contributed by atoms with E-state index < -0.39 is 0 Å². The number of benzene rings is 1. The number of halogens is 1. The number of amides is 2. The summed E-state index contributed by atoms with van der Waals surface area (Å²) in [7, 11) is 1.63. The van der Waals surface area contributed by atoms with Gasteiger partial charge in [0, 0.05) is 38.2 Å². The van der Waals surface area contributed by atoms with Gasteiger partial charge in [0.05, 0.1) is 22.9 Å². The Morgan fingerprint density at radius 3 is 2.53 bits per heavy atom. The molecule has 2 rings (SSSR count). The minimum absolute atomic E-state index is 0.00246. The lowest BCUT2D eigenvalue weighted by atomic mass is 9.92. The molecule has 0 aliphatic rings. The van der Waals surface area contributed by atoms with Gasteiger partial charge in [-0.05, 0) is 25.0 Å². The molecule has 0 unspecified atom stereocenters. The van der Waals surface area contributed by atoms with Gasteiger partial charge in [-0.2, -0.15) is 5.10 Å². The lowest BCUT2D eigenvalue weighted by molar-refractivity contribution is -0.135. The Morgan fingerprint density at radius 1 is 1.15 bits per heavy atom. The Hall–Kier alpha value is -2.38. The van der Waals surface area contributed by atoms with Crippen LogP contribution in [0.5, 0.6) is 0 Å². The molecular formula is C26H39ClN4O3. The van der Waals surface area contributed by atoms with Crippen LogP contribution >= 0.6 is 11.6 Å². The molecule has 8 heteroatoms. The number of ether oxygens (including phenoxy) is 1. The highest BCUT2D eigenvalue weighted by Crippen LogP contribution is 2.29. The van der Waals surface area contributed by atoms with Crippen LogP contribution in [0.4, 0.5) is 5.82 Å². The number of aromatic nitrogens is 2. The predicted octanol–water partition coefficient (Wildman–Crippen LogP) is 5.60. The highest BCUT2D eigenvalue weighted by Gasteiger charge is 2.23. The zero-order chi connectivity index (χ0) is 25.1. The molecule has 1 aromatic heterocycles. The molecule has 1 heterocycles. The molecular weight excluding hydrogens is 452 g/mol. The first-order valence-corrected chi connectivity index (χ1v) is 12.5. The number of methoxy groups -OCH3 is 1. The zero-order valence-electron chi connectivity index (χ0n) is 21.2. The first-order valence-electron chi connectivity index (χ1n) is 12.1. The molecule has 0 saturated carbocycles. The quantitative estimate of drug-likeness (QED) is 0.371. The maximum atomic E-state index is 13.1. The second kappa shape index (κ2) is 13.5. The number of carbonyl (C=O) groups excluding carboxylic acids is 2. The first-order chi connectivity index (χ1) is 16.2. The summed E-state index contributed by atoms with van der Waals surface area (Å²) in [6.45, 7) is 9.32. The van der Waals surface area contributed by atoms with Gasteiger partial charge in [0.25, 0.3) is 0 Å². The molecule has 7 nitrogen and oxygen atoms in total. The lowest BCUT2D eigenvalue weighted by Gasteiger charge is -2.22. The van der Waals surface area contributed by atoms with Gasteiger partial charge in [-0.15, -0.1) is 0 Å². The van der Waals surface area contributed by atoms with Crippen LogP contribution in [0.1, 0.15) is 71.9 Å². The molecule has 0 bridgehead atoms. The number of nitrogens with zero attached hydrogens (tertiary/aromatic N) is 3. The highest BCUT2D eigenvalue weighted by atomic mass is 35.5. The molecule has 1 aromatic carbocycles. The summed E-state index contributed by atoms with van der Waals surface area (Å²) < 4.78 is 6.79. The second-order valence-electron chi connectivity index (χ2n) is 9.55. The van der Waals surface area contributed by atoms with Crippen LogP contribution in [-0.2, 0) is 19.7 Å². The Kier molecular flexibility index (Phi) is 11.1. The lowest BCUT2D eigenvalue weighted by Crippen LogP contribution is -2.39. The minimum atomic E-state index is -0.270. The Morgan fingerprint density at radius 2 is 1.88 bits per heavy atom. The Balaban J connectivity index is 2.19. The summed E-state index contributed by atoms with van der Waals surface area (Å²) in [6, 6.07) is 9.23. The van der Waals surface area contributed by atoms with Gasteiger partial charge >= 0.3 is 0 Å². The van der Waals surface area contributed by atoms with Crippen molar-refractivity contribution in [3.05, 3.63) is 41.0 Å². The molecule has 0 aliphatic heterocycles. The molecule has 0 saturated heterocycles. The maximum absolute atomic E-state index is 13.1. The van der Waals surface area contributed by atoms with Crippen LogP contribution in [0.2, 0.25) is 5.02 Å². The largest absolute Gasteiger partial charge is 0.385 e. The molecule has 1 N–H and O–H groups in total. The number of para-hydroxylation sites is 1. The fourth-order valence-electron chi connectivity index (χ4n) is 3.55. The van der Waals surface area contributed by atoms with Crippen molar-refractivity contribution in [3.8, 4) is 5.69 Å². The number of hydrogen-bond acceptors (Lipinski definition) is 4. The molecule has 0 spiro atoms. The minimum Gasteiger partial charge on any atom is -0.385 e. The van der Waals surface area contributed by atoms with E-state index in [1.165, 1.54) is 0 Å². The van der Waals surface area contributed by atoms with E-state index in [2.05, 4.69) is 33.0 Å². The summed E-state index contributed by atoms with van der Waals surface area (Å²) >= 11 is 6.42. The van der Waals surface area contributed by atoms with E-state index >= 15 is 0 Å². The van der Waals surface area contributed by atoms with Gasteiger partial charge in [-0.3, -0.25) is 9.59 Å². The van der Waals surface area contributed by atoms with E-state index in [1.807, 2.05) is 24.3 Å². The molecule has 2 amide bonds. The monoisotopic (exact) mass is 490 g/mol. The van der Waals surface area contributed by atoms with Crippen molar-refractivity contribution < 1.29 is 14.3 Å². The smallest absolute Gasteiger partial charge is 0.245 e. The normalized spacial score (nSPS) is 11.5. The summed E-state index contributed by atoms with van der Waals surface area (Å²) in [5.74, 6) is 0.251. The van der Waals surface area contributed by atoms with E-state index in [4.69, 9.17) is 21.4 Å². The van der Waals surface area contributed by atoms with Crippen molar-refractivity contribution in [2.75, 3.05) is 32.1 Å². The summed E-state index contributed by atoms with van der Waals surface area (Å²) in [5, 5.41) is 8.21. The standard InChI is InChI=1S/C26H39ClN4O3/c1-6-7-8-9-15-25(33)30(16-12-17-34-5)19-24(32)28-23-18-22(26(2,3)4)29-31(23)21-14-11-10-13-20(21)27/h10-11,13-14,18H,6-9,12,15-17,19H2,1-5H3,(H,28,32). The first kappa shape index (κ1) is 27.9. The number of nitrogens with one attached hydrogen (secondary N) is 1. The molecule has 188 valence electrons. The maximum Gasteiger partial charge on any atom is 0.245 e. The fraction of sp³-hybridized carbons (Fsp3) is 0.577. The third kappa shape index (κ3) is 8.44. The van der Waals surface area contributed by atoms with E-state index in [0.29, 0.717) is 42.5 Å². The van der Waals surface area contributed by atoms with E-state index in [9.17, 15) is 9.59 Å². The molecule has 0 radical (unpaired) electrons. The SMILES string of the molecule is CCCCCCC(=O)N(CCCOC)CC(=O)Nc1cc(C(C)(C)C)nn1-c1ccccc1Cl. The summed E-state index contributed by atoms with van der Waals surface area (Å²) in [4.78, 5) is 27.5. The average Bonchev–Trinajstić information content (AvgIpc) is 3.20. The third-order valence-corrected chi connectivity index (χ3v) is 5.85. The van der Waals surface area contributed by atoms with Crippen molar-refractivity contribution in [2.24, 2.45) is 0 Å².